The van der Waals surface area contributed by atoms with E-state index in [-0.39, 0.29) is 18.4 Å². The van der Waals surface area contributed by atoms with Crippen molar-refractivity contribution in [1.29, 1.82) is 0 Å². The average Bonchev–Trinajstić information content (AvgIpc) is 3.29. The number of amides is 4. The van der Waals surface area contributed by atoms with Crippen LogP contribution in [-0.2, 0) is 9.59 Å². The first-order chi connectivity index (χ1) is 11.9. The highest BCUT2D eigenvalue weighted by Crippen LogP contribution is 2.42. The number of fused-ring (bicyclic) bond motifs is 1. The highest BCUT2D eigenvalue weighted by Gasteiger charge is 2.56. The van der Waals surface area contributed by atoms with E-state index in [0.717, 1.165) is 33.5 Å². The first-order valence-electron chi connectivity index (χ1n) is 8.18. The van der Waals surface area contributed by atoms with E-state index in [1.54, 1.807) is 6.92 Å². The lowest BCUT2D eigenvalue weighted by molar-refractivity contribution is -0.134. The van der Waals surface area contributed by atoms with Crippen molar-refractivity contribution in [1.82, 2.24) is 15.2 Å². The normalized spacial score (nSPS) is 23.2. The van der Waals surface area contributed by atoms with E-state index in [1.807, 2.05) is 25.1 Å². The molecule has 0 spiro atoms. The van der Waals surface area contributed by atoms with Crippen molar-refractivity contribution in [2.75, 3.05) is 11.9 Å². The summed E-state index contributed by atoms with van der Waals surface area (Å²) in [6.45, 7) is 3.42. The van der Waals surface area contributed by atoms with Crippen LogP contribution in [0.2, 0.25) is 0 Å². The monoisotopic (exact) mass is 358 g/mol. The Labute approximate surface area is 148 Å². The lowest BCUT2D eigenvalue weighted by atomic mass is 9.96. The van der Waals surface area contributed by atoms with Crippen LogP contribution < -0.4 is 10.6 Å². The number of nitrogens with zero attached hydrogens (tertiary/aromatic N) is 2. The van der Waals surface area contributed by atoms with Crippen LogP contribution in [0.5, 0.6) is 0 Å². The SMILES string of the molecule is Cc1ccc2nc(NC(=O)CN3C(=O)N[C@](C)(C4CC4)C3=O)sc2c1. The topological polar surface area (TPSA) is 91.4 Å². The number of benzene rings is 1. The van der Waals surface area contributed by atoms with Gasteiger partial charge in [0, 0.05) is 0 Å². The molecule has 2 aromatic rings. The largest absolute Gasteiger partial charge is 0.325 e. The number of imide groups is 1. The molecule has 1 aromatic heterocycles. The molecule has 2 N–H and O–H groups in total. The van der Waals surface area contributed by atoms with E-state index in [1.165, 1.54) is 11.3 Å². The van der Waals surface area contributed by atoms with Gasteiger partial charge in [0.15, 0.2) is 5.13 Å². The van der Waals surface area contributed by atoms with Crippen LogP contribution in [0.25, 0.3) is 10.2 Å². The van der Waals surface area contributed by atoms with E-state index in [2.05, 4.69) is 15.6 Å². The lowest BCUT2D eigenvalue weighted by Crippen LogP contribution is -2.46. The van der Waals surface area contributed by atoms with Gasteiger partial charge >= 0.3 is 6.03 Å². The van der Waals surface area contributed by atoms with Crippen molar-refractivity contribution in [3.63, 3.8) is 0 Å². The van der Waals surface area contributed by atoms with Gasteiger partial charge in [-0.2, -0.15) is 0 Å². The van der Waals surface area contributed by atoms with Crippen LogP contribution in [0, 0.1) is 12.8 Å². The minimum absolute atomic E-state index is 0.171. The fourth-order valence-electron chi connectivity index (χ4n) is 3.18. The zero-order chi connectivity index (χ0) is 17.8. The molecule has 4 amide bonds. The van der Waals surface area contributed by atoms with Gasteiger partial charge in [0.1, 0.15) is 12.1 Å². The van der Waals surface area contributed by atoms with Gasteiger partial charge < -0.3 is 10.6 Å². The predicted molar refractivity (Wildman–Crippen MR) is 94.4 cm³/mol. The van der Waals surface area contributed by atoms with Gasteiger partial charge in [0.2, 0.25) is 5.91 Å². The highest BCUT2D eigenvalue weighted by molar-refractivity contribution is 7.22. The molecular formula is C17H18N4O3S. The van der Waals surface area contributed by atoms with Crippen LogP contribution in [0.3, 0.4) is 0 Å². The van der Waals surface area contributed by atoms with E-state index in [9.17, 15) is 14.4 Å². The van der Waals surface area contributed by atoms with E-state index in [4.69, 9.17) is 0 Å². The number of thiazole rings is 1. The molecule has 7 nitrogen and oxygen atoms in total. The summed E-state index contributed by atoms with van der Waals surface area (Å²) in [6, 6.07) is 5.35. The summed E-state index contributed by atoms with van der Waals surface area (Å²) in [6.07, 6.45) is 1.85. The van der Waals surface area contributed by atoms with Gasteiger partial charge in [-0.1, -0.05) is 17.4 Å². The molecule has 1 saturated carbocycles. The summed E-state index contributed by atoms with van der Waals surface area (Å²) < 4.78 is 0.978. The average molecular weight is 358 g/mol. The fraction of sp³-hybridized carbons (Fsp3) is 0.412. The summed E-state index contributed by atoms with van der Waals surface area (Å²) in [7, 11) is 0. The molecule has 1 atom stereocenters. The number of aryl methyl sites for hydroxylation is 1. The van der Waals surface area contributed by atoms with Crippen molar-refractivity contribution >= 4 is 44.5 Å². The Bertz CT molecular complexity index is 904. The molecule has 8 heteroatoms. The number of nitrogens with one attached hydrogen (secondary N) is 2. The summed E-state index contributed by atoms with van der Waals surface area (Å²) in [5.41, 5.74) is 1.06. The van der Waals surface area contributed by atoms with Crippen molar-refractivity contribution in [3.05, 3.63) is 23.8 Å². The zero-order valence-electron chi connectivity index (χ0n) is 14.0. The molecule has 1 aromatic carbocycles. The Morgan fingerprint density at radius 1 is 1.44 bits per heavy atom. The number of hydrogen-bond donors (Lipinski definition) is 2. The number of urea groups is 1. The van der Waals surface area contributed by atoms with Gasteiger partial charge in [-0.15, -0.1) is 0 Å². The molecule has 1 aliphatic carbocycles. The summed E-state index contributed by atoms with van der Waals surface area (Å²) >= 11 is 1.37. The minimum atomic E-state index is -0.870. The van der Waals surface area contributed by atoms with Crippen molar-refractivity contribution < 1.29 is 14.4 Å². The second kappa shape index (κ2) is 5.52. The molecule has 4 rings (SSSR count). The minimum Gasteiger partial charge on any atom is -0.323 e. The van der Waals surface area contributed by atoms with Crippen LogP contribution >= 0.6 is 11.3 Å². The Balaban J connectivity index is 1.46. The van der Waals surface area contributed by atoms with E-state index in [0.29, 0.717) is 5.13 Å². The molecule has 2 aliphatic rings. The molecule has 0 bridgehead atoms. The second-order valence-electron chi connectivity index (χ2n) is 6.84. The van der Waals surface area contributed by atoms with Gasteiger partial charge in [-0.25, -0.2) is 9.78 Å². The molecule has 25 heavy (non-hydrogen) atoms. The number of anilines is 1. The molecule has 1 aliphatic heterocycles. The molecule has 2 heterocycles. The summed E-state index contributed by atoms with van der Waals surface area (Å²) in [4.78, 5) is 42.3. The summed E-state index contributed by atoms with van der Waals surface area (Å²) in [5.74, 6) is -0.584. The number of aromatic nitrogens is 1. The molecule has 0 radical (unpaired) electrons. The molecule has 2 fully saturated rings. The maximum Gasteiger partial charge on any atom is 0.325 e. The zero-order valence-corrected chi connectivity index (χ0v) is 14.8. The second-order valence-corrected chi connectivity index (χ2v) is 7.87. The van der Waals surface area contributed by atoms with Crippen LogP contribution in [0.1, 0.15) is 25.3 Å². The number of rotatable bonds is 4. The van der Waals surface area contributed by atoms with Gasteiger partial charge in [-0.3, -0.25) is 14.5 Å². The Morgan fingerprint density at radius 2 is 2.20 bits per heavy atom. The van der Waals surface area contributed by atoms with Crippen molar-refractivity contribution in [2.24, 2.45) is 5.92 Å². The third kappa shape index (κ3) is 2.76. The Hall–Kier alpha value is -2.48. The van der Waals surface area contributed by atoms with Crippen LogP contribution in [0.4, 0.5) is 9.93 Å². The Kier molecular flexibility index (Phi) is 3.54. The van der Waals surface area contributed by atoms with Crippen molar-refractivity contribution in [3.8, 4) is 0 Å². The number of hydrogen-bond acceptors (Lipinski definition) is 5. The van der Waals surface area contributed by atoms with E-state index < -0.39 is 17.5 Å². The first-order valence-corrected chi connectivity index (χ1v) is 8.99. The smallest absolute Gasteiger partial charge is 0.323 e. The van der Waals surface area contributed by atoms with E-state index >= 15 is 0 Å². The Morgan fingerprint density at radius 3 is 2.92 bits per heavy atom. The lowest BCUT2D eigenvalue weighted by Gasteiger charge is -2.20. The molecule has 130 valence electrons. The van der Waals surface area contributed by atoms with Crippen molar-refractivity contribution in [2.45, 2.75) is 32.2 Å². The molecule has 0 unspecified atom stereocenters. The summed E-state index contributed by atoms with van der Waals surface area (Å²) in [5, 5.41) is 5.88. The number of carbonyl (C=O) groups is 3. The van der Waals surface area contributed by atoms with Crippen LogP contribution in [-0.4, -0.2) is 39.8 Å². The third-order valence-electron chi connectivity index (χ3n) is 4.79. The maximum absolute atomic E-state index is 12.5. The predicted octanol–water partition coefficient (Wildman–Crippen LogP) is 2.26. The standard InChI is InChI=1S/C17H18N4O3S/c1-9-3-6-11-12(7-9)25-15(18-11)19-13(22)8-21-14(23)17(2,10-4-5-10)20-16(21)24/h3,6-7,10H,4-5,8H2,1-2H3,(H,20,24)(H,18,19,22)/t17-/m1/s1. The third-order valence-corrected chi connectivity index (χ3v) is 5.72. The van der Waals surface area contributed by atoms with Crippen LogP contribution in [0.15, 0.2) is 18.2 Å². The maximum atomic E-state index is 12.5. The van der Waals surface area contributed by atoms with Gasteiger partial charge in [0.25, 0.3) is 5.91 Å². The quantitative estimate of drug-likeness (QED) is 0.820. The van der Waals surface area contributed by atoms with Gasteiger partial charge in [-0.05, 0) is 50.3 Å². The molecular weight excluding hydrogens is 340 g/mol. The fourth-order valence-corrected chi connectivity index (χ4v) is 4.16. The number of carbonyl (C=O) groups excluding carboxylic acids is 3. The first kappa shape index (κ1) is 16.0. The molecule has 1 saturated heterocycles. The van der Waals surface area contributed by atoms with Gasteiger partial charge in [0.05, 0.1) is 10.2 Å². The highest BCUT2D eigenvalue weighted by atomic mass is 32.1.